The first-order valence-electron chi connectivity index (χ1n) is 2.16. The van der Waals surface area contributed by atoms with Gasteiger partial charge in [-0.1, -0.05) is 13.8 Å². The van der Waals surface area contributed by atoms with Crippen LogP contribution in [0.4, 0.5) is 0 Å². The van der Waals surface area contributed by atoms with E-state index in [0.29, 0.717) is 5.78 Å². The van der Waals surface area contributed by atoms with Crippen molar-refractivity contribution in [3.8, 4) is 0 Å². The van der Waals surface area contributed by atoms with E-state index >= 15 is 0 Å². The number of Topliss-reactive ketones (excluding diaryl/α,β-unsaturated/α-hetero) is 1. The van der Waals surface area contributed by atoms with E-state index in [1.807, 2.05) is 13.8 Å². The predicted molar refractivity (Wildman–Crippen MR) is 23.4 cm³/mol. The summed E-state index contributed by atoms with van der Waals surface area (Å²) in [4.78, 5) is 10.2. The average Bonchev–Trinajstić information content (AvgIpc) is 1.73. The highest BCUT2D eigenvalue weighted by Gasteiger charge is 2.43. The Labute approximate surface area is 37.4 Å². The van der Waals surface area contributed by atoms with Gasteiger partial charge in [-0.2, -0.15) is 0 Å². The van der Waals surface area contributed by atoms with Crippen LogP contribution in [0.2, 0.25) is 0 Å². The normalized spacial score (nSPS) is 27.3. The van der Waals surface area contributed by atoms with Gasteiger partial charge in [0, 0.05) is 11.8 Å². The van der Waals surface area contributed by atoms with Crippen molar-refractivity contribution in [1.82, 2.24) is 0 Å². The standard InChI is InChI=1S/C5H8O/c1-5(2)3-4(5)6/h3H2,1-2H3. The number of ketones is 1. The van der Waals surface area contributed by atoms with Crippen LogP contribution < -0.4 is 0 Å². The van der Waals surface area contributed by atoms with E-state index < -0.39 is 0 Å². The molecule has 1 aliphatic carbocycles. The van der Waals surface area contributed by atoms with Gasteiger partial charge in [0.1, 0.15) is 5.78 Å². The monoisotopic (exact) mass is 84.1 g/mol. The van der Waals surface area contributed by atoms with E-state index in [9.17, 15) is 4.79 Å². The molecule has 1 nitrogen and oxygen atoms in total. The Balaban J connectivity index is 2.63. The third-order valence-corrected chi connectivity index (χ3v) is 1.23. The average molecular weight is 84.1 g/mol. The molecular formula is C5H8O. The van der Waals surface area contributed by atoms with Gasteiger partial charge in [-0.25, -0.2) is 0 Å². The predicted octanol–water partition coefficient (Wildman–Crippen LogP) is 0.985. The molecule has 0 N–H and O–H groups in total. The lowest BCUT2D eigenvalue weighted by atomic mass is 10.2. The smallest absolute Gasteiger partial charge is 0.139 e. The molecule has 0 unspecified atom stereocenters. The molecule has 0 saturated heterocycles. The first-order chi connectivity index (χ1) is 2.63. The highest BCUT2D eigenvalue weighted by molar-refractivity contribution is 5.99. The van der Waals surface area contributed by atoms with Crippen molar-refractivity contribution in [2.75, 3.05) is 0 Å². The first kappa shape index (κ1) is 3.85. The van der Waals surface area contributed by atoms with E-state index in [0.717, 1.165) is 6.42 Å². The van der Waals surface area contributed by atoms with E-state index in [1.54, 1.807) is 0 Å². The first-order valence-corrected chi connectivity index (χ1v) is 2.16. The molecule has 0 aromatic rings. The quantitative estimate of drug-likeness (QED) is 0.427. The topological polar surface area (TPSA) is 17.1 Å². The van der Waals surface area contributed by atoms with E-state index in [-0.39, 0.29) is 5.41 Å². The summed E-state index contributed by atoms with van der Waals surface area (Å²) in [6, 6.07) is 0. The van der Waals surface area contributed by atoms with Crippen molar-refractivity contribution in [2.45, 2.75) is 20.3 Å². The SMILES string of the molecule is CC1(C)CC1=O. The van der Waals surface area contributed by atoms with E-state index in [2.05, 4.69) is 0 Å². The second-order valence-electron chi connectivity index (χ2n) is 2.48. The Kier molecular flexibility index (Phi) is 0.431. The lowest BCUT2D eigenvalue weighted by molar-refractivity contribution is -0.112. The zero-order chi connectivity index (χ0) is 4.78. The maximum Gasteiger partial charge on any atom is 0.139 e. The lowest BCUT2D eigenvalue weighted by Crippen LogP contribution is -1.84. The van der Waals surface area contributed by atoms with Gasteiger partial charge in [-0.05, 0) is 0 Å². The minimum Gasteiger partial charge on any atom is -0.299 e. The fourth-order valence-corrected chi connectivity index (χ4v) is 0.357. The third kappa shape index (κ3) is 0.348. The molecule has 0 amide bonds. The third-order valence-electron chi connectivity index (χ3n) is 1.23. The maximum atomic E-state index is 10.2. The van der Waals surface area contributed by atoms with Crippen LogP contribution in [-0.4, -0.2) is 5.78 Å². The van der Waals surface area contributed by atoms with Gasteiger partial charge in [0.05, 0.1) is 0 Å². The molecule has 0 spiro atoms. The molecule has 1 heteroatoms. The molecule has 0 aliphatic heterocycles. The molecule has 0 atom stereocenters. The molecule has 1 saturated carbocycles. The van der Waals surface area contributed by atoms with Gasteiger partial charge in [0.2, 0.25) is 0 Å². The van der Waals surface area contributed by atoms with Gasteiger partial charge in [0.25, 0.3) is 0 Å². The van der Waals surface area contributed by atoms with Crippen LogP contribution in [0.1, 0.15) is 20.3 Å². The fourth-order valence-electron chi connectivity index (χ4n) is 0.357. The van der Waals surface area contributed by atoms with Gasteiger partial charge in [-0.15, -0.1) is 0 Å². The van der Waals surface area contributed by atoms with E-state index in [1.165, 1.54) is 0 Å². The Morgan fingerprint density at radius 3 is 1.83 bits per heavy atom. The number of carbonyl (C=O) groups is 1. The number of hydrogen-bond donors (Lipinski definition) is 0. The van der Waals surface area contributed by atoms with Gasteiger partial charge < -0.3 is 0 Å². The number of rotatable bonds is 0. The van der Waals surface area contributed by atoms with Gasteiger partial charge >= 0.3 is 0 Å². The zero-order valence-electron chi connectivity index (χ0n) is 4.12. The van der Waals surface area contributed by atoms with Crippen LogP contribution in [0.25, 0.3) is 0 Å². The molecule has 0 heterocycles. The largest absolute Gasteiger partial charge is 0.299 e. The summed E-state index contributed by atoms with van der Waals surface area (Å²) in [5.74, 6) is 0.405. The molecule has 0 aromatic carbocycles. The summed E-state index contributed by atoms with van der Waals surface area (Å²) in [7, 11) is 0. The summed E-state index contributed by atoms with van der Waals surface area (Å²) < 4.78 is 0. The molecule has 34 valence electrons. The van der Waals surface area contributed by atoms with Crippen molar-refractivity contribution >= 4 is 5.78 Å². The Bertz CT molecular complexity index is 92.1. The summed E-state index contributed by atoms with van der Waals surface area (Å²) in [6.45, 7) is 3.94. The van der Waals surface area contributed by atoms with Crippen molar-refractivity contribution in [1.29, 1.82) is 0 Å². The second kappa shape index (κ2) is 0.673. The summed E-state index contributed by atoms with van der Waals surface area (Å²) in [6.07, 6.45) is 0.799. The van der Waals surface area contributed by atoms with Crippen LogP contribution >= 0.6 is 0 Å². The van der Waals surface area contributed by atoms with E-state index in [4.69, 9.17) is 0 Å². The molecule has 1 fully saturated rings. The van der Waals surface area contributed by atoms with Gasteiger partial charge in [-0.3, -0.25) is 4.79 Å². The lowest BCUT2D eigenvalue weighted by Gasteiger charge is -1.83. The zero-order valence-corrected chi connectivity index (χ0v) is 4.12. The molecule has 0 radical (unpaired) electrons. The molecule has 0 aromatic heterocycles. The fraction of sp³-hybridized carbons (Fsp3) is 0.800. The molecule has 0 bridgehead atoms. The minimum atomic E-state index is 0.0694. The summed E-state index contributed by atoms with van der Waals surface area (Å²) in [5, 5.41) is 0. The Hall–Kier alpha value is -0.330. The number of carbonyl (C=O) groups excluding carboxylic acids is 1. The van der Waals surface area contributed by atoms with Gasteiger partial charge in [0.15, 0.2) is 0 Å². The Morgan fingerprint density at radius 1 is 1.67 bits per heavy atom. The highest BCUT2D eigenvalue weighted by atomic mass is 16.1. The Morgan fingerprint density at radius 2 is 1.83 bits per heavy atom. The van der Waals surface area contributed by atoms with Crippen LogP contribution in [0.15, 0.2) is 0 Å². The van der Waals surface area contributed by atoms with Crippen molar-refractivity contribution in [3.63, 3.8) is 0 Å². The highest BCUT2D eigenvalue weighted by Crippen LogP contribution is 2.38. The number of hydrogen-bond acceptors (Lipinski definition) is 1. The minimum absolute atomic E-state index is 0.0694. The summed E-state index contributed by atoms with van der Waals surface area (Å²) >= 11 is 0. The van der Waals surface area contributed by atoms with Crippen LogP contribution in [0, 0.1) is 5.41 Å². The van der Waals surface area contributed by atoms with Crippen molar-refractivity contribution < 1.29 is 4.79 Å². The van der Waals surface area contributed by atoms with Crippen LogP contribution in [0.3, 0.4) is 0 Å². The molecule has 1 aliphatic rings. The second-order valence-corrected chi connectivity index (χ2v) is 2.48. The van der Waals surface area contributed by atoms with Crippen LogP contribution in [-0.2, 0) is 4.79 Å². The van der Waals surface area contributed by atoms with Crippen molar-refractivity contribution in [3.05, 3.63) is 0 Å². The van der Waals surface area contributed by atoms with Crippen LogP contribution in [0.5, 0.6) is 0 Å². The molecular weight excluding hydrogens is 76.1 g/mol. The maximum absolute atomic E-state index is 10.2. The summed E-state index contributed by atoms with van der Waals surface area (Å²) in [5.41, 5.74) is 0.0694. The molecule has 6 heavy (non-hydrogen) atoms. The molecule has 1 rings (SSSR count). The van der Waals surface area contributed by atoms with Crippen molar-refractivity contribution in [2.24, 2.45) is 5.41 Å².